The Balaban J connectivity index is 2.16. The zero-order valence-corrected chi connectivity index (χ0v) is 11.5. The van der Waals surface area contributed by atoms with E-state index >= 15 is 0 Å². The summed E-state index contributed by atoms with van der Waals surface area (Å²) in [5.74, 6) is 0.173. The van der Waals surface area contributed by atoms with Gasteiger partial charge in [-0.1, -0.05) is 41.6 Å². The number of halogens is 1. The molecule has 0 aliphatic heterocycles. The molecule has 4 heteroatoms. The van der Waals surface area contributed by atoms with Gasteiger partial charge >= 0.3 is 0 Å². The van der Waals surface area contributed by atoms with E-state index < -0.39 is 0 Å². The fourth-order valence-electron chi connectivity index (χ4n) is 2.36. The summed E-state index contributed by atoms with van der Waals surface area (Å²) >= 11 is 0. The number of hydrogen-bond acceptors (Lipinski definition) is 3. The molecule has 0 unspecified atom stereocenters. The fraction of sp³-hybridized carbons (Fsp3) is 0.118. The summed E-state index contributed by atoms with van der Waals surface area (Å²) in [6.07, 6.45) is 0. The molecule has 0 radical (unpaired) electrons. The third-order valence-electron chi connectivity index (χ3n) is 3.43. The minimum atomic E-state index is -0.350. The Labute approximate surface area is 121 Å². The monoisotopic (exact) mass is 283 g/mol. The number of nitrogens with zero attached hydrogens (tertiary/aromatic N) is 1. The van der Waals surface area contributed by atoms with Crippen molar-refractivity contribution in [3.63, 3.8) is 0 Å². The summed E-state index contributed by atoms with van der Waals surface area (Å²) in [5, 5.41) is 13.7. The predicted molar refractivity (Wildman–Crippen MR) is 78.0 cm³/mol. The van der Waals surface area contributed by atoms with E-state index in [2.05, 4.69) is 5.16 Å². The molecule has 2 aromatic carbocycles. The molecule has 3 aromatic rings. The van der Waals surface area contributed by atoms with Crippen LogP contribution >= 0.6 is 0 Å². The van der Waals surface area contributed by atoms with Crippen molar-refractivity contribution in [3.8, 4) is 22.6 Å². The van der Waals surface area contributed by atoms with Crippen molar-refractivity contribution in [2.75, 3.05) is 0 Å². The van der Waals surface area contributed by atoms with Crippen molar-refractivity contribution in [1.82, 2.24) is 5.16 Å². The number of benzene rings is 2. The van der Waals surface area contributed by atoms with Crippen LogP contribution in [0.3, 0.4) is 0 Å². The van der Waals surface area contributed by atoms with Crippen LogP contribution in [0.25, 0.3) is 22.6 Å². The van der Waals surface area contributed by atoms with E-state index in [9.17, 15) is 9.50 Å². The van der Waals surface area contributed by atoms with Crippen molar-refractivity contribution in [3.05, 3.63) is 65.5 Å². The first-order valence-electron chi connectivity index (χ1n) is 6.62. The van der Waals surface area contributed by atoms with Gasteiger partial charge < -0.3 is 9.63 Å². The Hall–Kier alpha value is -2.46. The molecule has 21 heavy (non-hydrogen) atoms. The molecule has 0 spiro atoms. The van der Waals surface area contributed by atoms with Crippen LogP contribution in [0.5, 0.6) is 0 Å². The molecule has 0 bridgehead atoms. The second-order valence-corrected chi connectivity index (χ2v) is 4.82. The van der Waals surface area contributed by atoms with Crippen LogP contribution in [0, 0.1) is 12.7 Å². The van der Waals surface area contributed by atoms with E-state index in [4.69, 9.17) is 4.52 Å². The maximum atomic E-state index is 13.4. The van der Waals surface area contributed by atoms with Crippen LogP contribution in [0.1, 0.15) is 11.1 Å². The van der Waals surface area contributed by atoms with Crippen molar-refractivity contribution in [2.24, 2.45) is 0 Å². The fourth-order valence-corrected chi connectivity index (χ4v) is 2.36. The van der Waals surface area contributed by atoms with Gasteiger partial charge in [-0.3, -0.25) is 0 Å². The lowest BCUT2D eigenvalue weighted by Gasteiger charge is -2.04. The normalized spacial score (nSPS) is 10.8. The molecule has 0 saturated carbocycles. The zero-order valence-electron chi connectivity index (χ0n) is 11.5. The van der Waals surface area contributed by atoms with Gasteiger partial charge in [-0.15, -0.1) is 0 Å². The number of aryl methyl sites for hydroxylation is 1. The number of aliphatic hydroxyl groups is 1. The Kier molecular flexibility index (Phi) is 3.54. The lowest BCUT2D eigenvalue weighted by Crippen LogP contribution is -1.91. The minimum absolute atomic E-state index is 0.223. The van der Waals surface area contributed by atoms with Crippen LogP contribution in [0.2, 0.25) is 0 Å². The van der Waals surface area contributed by atoms with Gasteiger partial charge in [-0.25, -0.2) is 4.39 Å². The van der Waals surface area contributed by atoms with Gasteiger partial charge in [0.1, 0.15) is 11.5 Å². The standard InChI is InChI=1S/C17H14FNO2/c1-11-5-2-3-8-14(11)17-15(10-20)16(19-21-17)12-6-4-7-13(18)9-12/h2-9,20H,10H2,1H3. The smallest absolute Gasteiger partial charge is 0.173 e. The van der Waals surface area contributed by atoms with E-state index in [1.807, 2.05) is 31.2 Å². The highest BCUT2D eigenvalue weighted by Crippen LogP contribution is 2.33. The lowest BCUT2D eigenvalue weighted by molar-refractivity contribution is 0.281. The maximum absolute atomic E-state index is 13.4. The van der Waals surface area contributed by atoms with Gasteiger partial charge in [-0.05, 0) is 24.6 Å². The third kappa shape index (κ3) is 2.45. The summed E-state index contributed by atoms with van der Waals surface area (Å²) in [6, 6.07) is 13.8. The van der Waals surface area contributed by atoms with Crippen molar-refractivity contribution < 1.29 is 14.0 Å². The van der Waals surface area contributed by atoms with Gasteiger partial charge in [0.2, 0.25) is 0 Å². The number of aromatic nitrogens is 1. The first kappa shape index (κ1) is 13.5. The Morgan fingerprint density at radius 1 is 1.14 bits per heavy atom. The molecule has 3 rings (SSSR count). The minimum Gasteiger partial charge on any atom is -0.391 e. The van der Waals surface area contributed by atoms with E-state index in [-0.39, 0.29) is 12.4 Å². The van der Waals surface area contributed by atoms with E-state index in [0.29, 0.717) is 22.6 Å². The highest BCUT2D eigenvalue weighted by Gasteiger charge is 2.19. The summed E-state index contributed by atoms with van der Waals surface area (Å²) in [7, 11) is 0. The van der Waals surface area contributed by atoms with Gasteiger partial charge in [0.05, 0.1) is 12.2 Å². The van der Waals surface area contributed by atoms with E-state index in [1.54, 1.807) is 12.1 Å². The first-order chi connectivity index (χ1) is 10.2. The quantitative estimate of drug-likeness (QED) is 0.791. The first-order valence-corrected chi connectivity index (χ1v) is 6.62. The molecule has 0 aliphatic carbocycles. The van der Waals surface area contributed by atoms with Crippen LogP contribution in [-0.4, -0.2) is 10.3 Å². The molecule has 1 N–H and O–H groups in total. The maximum Gasteiger partial charge on any atom is 0.173 e. The second-order valence-electron chi connectivity index (χ2n) is 4.82. The van der Waals surface area contributed by atoms with Crippen molar-refractivity contribution >= 4 is 0 Å². The molecule has 0 saturated heterocycles. The topological polar surface area (TPSA) is 46.3 Å². The zero-order chi connectivity index (χ0) is 14.8. The summed E-state index contributed by atoms with van der Waals surface area (Å²) in [6.45, 7) is 1.74. The molecule has 0 aliphatic rings. The predicted octanol–water partition coefficient (Wildman–Crippen LogP) is 3.95. The summed E-state index contributed by atoms with van der Waals surface area (Å²) in [4.78, 5) is 0. The summed E-state index contributed by atoms with van der Waals surface area (Å²) < 4.78 is 18.8. The molecule has 0 fully saturated rings. The Bertz CT molecular complexity index is 780. The van der Waals surface area contributed by atoms with Crippen molar-refractivity contribution in [1.29, 1.82) is 0 Å². The largest absolute Gasteiger partial charge is 0.391 e. The summed E-state index contributed by atoms with van der Waals surface area (Å²) in [5.41, 5.74) is 3.51. The van der Waals surface area contributed by atoms with E-state index in [1.165, 1.54) is 12.1 Å². The molecule has 106 valence electrons. The lowest BCUT2D eigenvalue weighted by atomic mass is 10.00. The average Bonchev–Trinajstić information content (AvgIpc) is 2.91. The molecule has 1 heterocycles. The van der Waals surface area contributed by atoms with Gasteiger partial charge in [0.15, 0.2) is 5.76 Å². The Morgan fingerprint density at radius 2 is 1.95 bits per heavy atom. The molecule has 3 nitrogen and oxygen atoms in total. The van der Waals surface area contributed by atoms with Gasteiger partial charge in [0, 0.05) is 11.1 Å². The third-order valence-corrected chi connectivity index (χ3v) is 3.43. The highest BCUT2D eigenvalue weighted by molar-refractivity contribution is 5.73. The molecule has 0 atom stereocenters. The molecular formula is C17H14FNO2. The number of hydrogen-bond donors (Lipinski definition) is 1. The molecule has 1 aromatic heterocycles. The van der Waals surface area contributed by atoms with Crippen LogP contribution in [0.15, 0.2) is 53.1 Å². The molecule has 0 amide bonds. The van der Waals surface area contributed by atoms with Gasteiger partial charge in [-0.2, -0.15) is 0 Å². The van der Waals surface area contributed by atoms with Crippen LogP contribution < -0.4 is 0 Å². The molecular weight excluding hydrogens is 269 g/mol. The van der Waals surface area contributed by atoms with Gasteiger partial charge in [0.25, 0.3) is 0 Å². The van der Waals surface area contributed by atoms with Crippen LogP contribution in [-0.2, 0) is 6.61 Å². The average molecular weight is 283 g/mol. The van der Waals surface area contributed by atoms with Crippen LogP contribution in [0.4, 0.5) is 4.39 Å². The number of aliphatic hydroxyl groups excluding tert-OH is 1. The SMILES string of the molecule is Cc1ccccc1-c1onc(-c2cccc(F)c2)c1CO. The number of rotatable bonds is 3. The second kappa shape index (κ2) is 5.50. The Morgan fingerprint density at radius 3 is 2.67 bits per heavy atom. The van der Waals surface area contributed by atoms with Crippen molar-refractivity contribution in [2.45, 2.75) is 13.5 Å². The van der Waals surface area contributed by atoms with E-state index in [0.717, 1.165) is 11.1 Å². The highest BCUT2D eigenvalue weighted by atomic mass is 19.1.